The van der Waals surface area contributed by atoms with E-state index in [0.29, 0.717) is 29.6 Å². The van der Waals surface area contributed by atoms with E-state index in [1.165, 1.54) is 12.4 Å². The molecule has 0 aliphatic carbocycles. The van der Waals surface area contributed by atoms with Gasteiger partial charge in [-0.15, -0.1) is 0 Å². The summed E-state index contributed by atoms with van der Waals surface area (Å²) in [5.74, 6) is 1.59. The van der Waals surface area contributed by atoms with Crippen LogP contribution in [0.15, 0.2) is 55.4 Å². The molecule has 0 unspecified atom stereocenters. The Morgan fingerprint density at radius 1 is 1.18 bits per heavy atom. The van der Waals surface area contributed by atoms with Crippen molar-refractivity contribution in [3.63, 3.8) is 0 Å². The Morgan fingerprint density at radius 2 is 2.00 bits per heavy atom. The SMILES string of the molecule is C=CC(=O)Nc1cccc(Nc2ncnc3cc(OC)c(OCCN4CCOCC4)cc23)c1. The fraction of sp³-hybridized carbons (Fsp3) is 0.292. The average molecular weight is 450 g/mol. The van der Waals surface area contributed by atoms with Gasteiger partial charge in [0.2, 0.25) is 5.91 Å². The van der Waals surface area contributed by atoms with Crippen molar-refractivity contribution in [2.75, 3.05) is 57.2 Å². The number of aromatic nitrogens is 2. The van der Waals surface area contributed by atoms with Crippen molar-refractivity contribution in [1.29, 1.82) is 0 Å². The van der Waals surface area contributed by atoms with Crippen LogP contribution >= 0.6 is 0 Å². The Bertz CT molecular complexity index is 1130. The molecular formula is C24H27N5O4. The zero-order chi connectivity index (χ0) is 23.0. The fourth-order valence-electron chi connectivity index (χ4n) is 3.55. The number of ether oxygens (including phenoxy) is 3. The Hall–Kier alpha value is -3.69. The number of hydrogen-bond donors (Lipinski definition) is 2. The van der Waals surface area contributed by atoms with Crippen molar-refractivity contribution in [3.8, 4) is 11.5 Å². The number of amides is 1. The quantitative estimate of drug-likeness (QED) is 0.481. The first-order valence-corrected chi connectivity index (χ1v) is 10.7. The van der Waals surface area contributed by atoms with E-state index in [2.05, 4.69) is 32.1 Å². The zero-order valence-corrected chi connectivity index (χ0v) is 18.5. The number of nitrogens with one attached hydrogen (secondary N) is 2. The Balaban J connectivity index is 1.55. The van der Waals surface area contributed by atoms with Gasteiger partial charge in [-0.25, -0.2) is 9.97 Å². The van der Waals surface area contributed by atoms with Gasteiger partial charge in [-0.05, 0) is 30.3 Å². The van der Waals surface area contributed by atoms with Crippen LogP contribution in [0.5, 0.6) is 11.5 Å². The van der Waals surface area contributed by atoms with E-state index in [4.69, 9.17) is 14.2 Å². The molecule has 1 saturated heterocycles. The zero-order valence-electron chi connectivity index (χ0n) is 18.5. The summed E-state index contributed by atoms with van der Waals surface area (Å²) in [6, 6.07) is 11.1. The molecule has 1 aromatic heterocycles. The number of fused-ring (bicyclic) bond motifs is 1. The maximum absolute atomic E-state index is 11.6. The molecule has 0 spiro atoms. The van der Waals surface area contributed by atoms with Crippen LogP contribution in [0.3, 0.4) is 0 Å². The molecule has 1 fully saturated rings. The highest BCUT2D eigenvalue weighted by atomic mass is 16.5. The fourth-order valence-corrected chi connectivity index (χ4v) is 3.55. The molecule has 4 rings (SSSR count). The van der Waals surface area contributed by atoms with E-state index >= 15 is 0 Å². The van der Waals surface area contributed by atoms with Gasteiger partial charge in [0.15, 0.2) is 11.5 Å². The molecule has 1 aliphatic rings. The van der Waals surface area contributed by atoms with Gasteiger partial charge in [-0.1, -0.05) is 12.6 Å². The lowest BCUT2D eigenvalue weighted by atomic mass is 10.2. The Morgan fingerprint density at radius 3 is 2.79 bits per heavy atom. The third kappa shape index (κ3) is 5.76. The number of hydrogen-bond acceptors (Lipinski definition) is 8. The molecule has 0 radical (unpaired) electrons. The van der Waals surface area contributed by atoms with E-state index in [0.717, 1.165) is 49.4 Å². The van der Waals surface area contributed by atoms with Gasteiger partial charge in [0.05, 0.1) is 25.8 Å². The highest BCUT2D eigenvalue weighted by Crippen LogP contribution is 2.35. The first-order valence-electron chi connectivity index (χ1n) is 10.7. The van der Waals surface area contributed by atoms with Crippen LogP contribution in [0, 0.1) is 0 Å². The monoisotopic (exact) mass is 449 g/mol. The van der Waals surface area contributed by atoms with E-state index < -0.39 is 0 Å². The van der Waals surface area contributed by atoms with E-state index in [1.807, 2.05) is 30.3 Å². The van der Waals surface area contributed by atoms with Crippen molar-refractivity contribution in [1.82, 2.24) is 14.9 Å². The first-order chi connectivity index (χ1) is 16.2. The van der Waals surface area contributed by atoms with Crippen molar-refractivity contribution < 1.29 is 19.0 Å². The van der Waals surface area contributed by atoms with Crippen molar-refractivity contribution in [2.45, 2.75) is 0 Å². The minimum Gasteiger partial charge on any atom is -0.493 e. The summed E-state index contributed by atoms with van der Waals surface area (Å²) in [5.41, 5.74) is 2.14. The van der Waals surface area contributed by atoms with Crippen LogP contribution in [-0.2, 0) is 9.53 Å². The van der Waals surface area contributed by atoms with Crippen LogP contribution in [0.4, 0.5) is 17.2 Å². The molecule has 1 amide bonds. The smallest absolute Gasteiger partial charge is 0.247 e. The van der Waals surface area contributed by atoms with Gasteiger partial charge in [0.1, 0.15) is 18.8 Å². The number of benzene rings is 2. The minimum absolute atomic E-state index is 0.273. The maximum Gasteiger partial charge on any atom is 0.247 e. The summed E-state index contributed by atoms with van der Waals surface area (Å²) in [7, 11) is 1.61. The molecule has 2 heterocycles. The molecule has 0 saturated carbocycles. The predicted molar refractivity (Wildman–Crippen MR) is 127 cm³/mol. The molecule has 9 heteroatoms. The van der Waals surface area contributed by atoms with Gasteiger partial charge in [0.25, 0.3) is 0 Å². The van der Waals surface area contributed by atoms with Gasteiger partial charge < -0.3 is 24.8 Å². The van der Waals surface area contributed by atoms with Crippen molar-refractivity contribution in [3.05, 3.63) is 55.4 Å². The molecule has 1 aliphatic heterocycles. The number of nitrogens with zero attached hydrogens (tertiary/aromatic N) is 3. The molecule has 3 aromatic rings. The van der Waals surface area contributed by atoms with E-state index in [1.54, 1.807) is 13.2 Å². The van der Waals surface area contributed by atoms with Crippen molar-refractivity contribution >= 4 is 34.0 Å². The highest BCUT2D eigenvalue weighted by Gasteiger charge is 2.14. The van der Waals surface area contributed by atoms with Gasteiger partial charge in [0, 0.05) is 42.5 Å². The summed E-state index contributed by atoms with van der Waals surface area (Å²) >= 11 is 0. The summed E-state index contributed by atoms with van der Waals surface area (Å²) < 4.78 is 17.0. The number of morpholine rings is 1. The molecule has 0 atom stereocenters. The third-order valence-corrected chi connectivity index (χ3v) is 5.27. The second kappa shape index (κ2) is 10.8. The molecule has 33 heavy (non-hydrogen) atoms. The molecule has 2 N–H and O–H groups in total. The average Bonchev–Trinajstić information content (AvgIpc) is 2.85. The number of methoxy groups -OCH3 is 1. The predicted octanol–water partition coefficient (Wildman–Crippen LogP) is 3.22. The van der Waals surface area contributed by atoms with Gasteiger partial charge in [-0.2, -0.15) is 0 Å². The summed E-state index contributed by atoms with van der Waals surface area (Å²) in [5, 5.41) is 6.85. The van der Waals surface area contributed by atoms with Gasteiger partial charge in [-0.3, -0.25) is 9.69 Å². The molecule has 172 valence electrons. The van der Waals surface area contributed by atoms with E-state index in [9.17, 15) is 4.79 Å². The number of rotatable bonds is 9. The topological polar surface area (TPSA) is 97.8 Å². The lowest BCUT2D eigenvalue weighted by Gasteiger charge is -2.26. The molecule has 2 aromatic carbocycles. The minimum atomic E-state index is -0.273. The first kappa shape index (κ1) is 22.5. The second-order valence-corrected chi connectivity index (χ2v) is 7.44. The van der Waals surface area contributed by atoms with E-state index in [-0.39, 0.29) is 5.91 Å². The Kier molecular flexibility index (Phi) is 7.33. The third-order valence-electron chi connectivity index (χ3n) is 5.27. The molecule has 0 bridgehead atoms. The standard InChI is InChI=1S/C24H27N5O4/c1-3-23(30)27-17-5-4-6-18(13-17)28-24-19-14-22(21(31-2)15-20(19)25-16-26-24)33-12-9-29-7-10-32-11-8-29/h3-6,13-16H,1,7-12H2,2H3,(H,27,30)(H,25,26,28). The summed E-state index contributed by atoms with van der Waals surface area (Å²) in [4.78, 5) is 22.7. The molecular weight excluding hydrogens is 422 g/mol. The second-order valence-electron chi connectivity index (χ2n) is 7.44. The van der Waals surface area contributed by atoms with Gasteiger partial charge >= 0.3 is 0 Å². The lowest BCUT2D eigenvalue weighted by molar-refractivity contribution is -0.111. The lowest BCUT2D eigenvalue weighted by Crippen LogP contribution is -2.38. The van der Waals surface area contributed by atoms with Crippen LogP contribution in [0.1, 0.15) is 0 Å². The summed E-state index contributed by atoms with van der Waals surface area (Å²) in [6.07, 6.45) is 2.72. The number of carbonyl (C=O) groups is 1. The number of carbonyl (C=O) groups excluding carboxylic acids is 1. The van der Waals surface area contributed by atoms with Crippen LogP contribution < -0.4 is 20.1 Å². The normalized spacial score (nSPS) is 14.0. The number of anilines is 3. The van der Waals surface area contributed by atoms with Crippen molar-refractivity contribution in [2.24, 2.45) is 0 Å². The summed E-state index contributed by atoms with van der Waals surface area (Å²) in [6.45, 7) is 8.14. The van der Waals surface area contributed by atoms with Crippen LogP contribution in [-0.4, -0.2) is 67.3 Å². The Labute approximate surface area is 192 Å². The molecule has 9 nitrogen and oxygen atoms in total. The van der Waals surface area contributed by atoms with Crippen LogP contribution in [0.25, 0.3) is 10.9 Å². The highest BCUT2D eigenvalue weighted by molar-refractivity contribution is 5.99. The maximum atomic E-state index is 11.6. The van der Waals surface area contributed by atoms with Crippen LogP contribution in [0.2, 0.25) is 0 Å². The largest absolute Gasteiger partial charge is 0.493 e.